The Balaban J connectivity index is 1.84. The van der Waals surface area contributed by atoms with Gasteiger partial charge in [-0.05, 0) is 49.7 Å². The molecule has 0 fully saturated rings. The van der Waals surface area contributed by atoms with Crippen LogP contribution in [0.3, 0.4) is 0 Å². The van der Waals surface area contributed by atoms with Gasteiger partial charge in [0.25, 0.3) is 5.91 Å². The molecule has 4 rings (SSSR count). The molecule has 149 valence electrons. The summed E-state index contributed by atoms with van der Waals surface area (Å²) in [5.74, 6) is 0.388. The average molecular weight is 460 g/mol. The fourth-order valence-electron chi connectivity index (χ4n) is 3.45. The van der Waals surface area contributed by atoms with Gasteiger partial charge in [0.2, 0.25) is 0 Å². The summed E-state index contributed by atoms with van der Waals surface area (Å²) in [6.45, 7) is 4.38. The summed E-state index contributed by atoms with van der Waals surface area (Å²) in [5.41, 5.74) is 4.51. The van der Waals surface area contributed by atoms with Gasteiger partial charge in [0.1, 0.15) is 5.75 Å². The number of rotatable bonds is 5. The minimum atomic E-state index is -0.208. The first-order valence-electron chi connectivity index (χ1n) is 9.68. The maximum atomic E-state index is 13.4. The Morgan fingerprint density at radius 1 is 1.10 bits per heavy atom. The normalized spacial score (nSPS) is 10.8. The van der Waals surface area contributed by atoms with Crippen LogP contribution in [0.25, 0.3) is 22.2 Å². The standard InChI is InChI=1S/C25H20BrN2O2/c1-3-30-20-11-7-10-19(15-20)27-25(29)23-16(2)24(17-8-5-4-6-9-17)28-22-13-12-18(26)14-21(22)23/h4-14H,3H2,1-2H3,(H,27,29). The number of aromatic nitrogens is 1. The summed E-state index contributed by atoms with van der Waals surface area (Å²) in [6, 6.07) is 24.2. The van der Waals surface area contributed by atoms with Gasteiger partial charge in [-0.2, -0.15) is 0 Å². The zero-order chi connectivity index (χ0) is 21.1. The molecule has 3 aromatic carbocycles. The van der Waals surface area contributed by atoms with Crippen molar-refractivity contribution in [1.29, 1.82) is 0 Å². The largest absolute Gasteiger partial charge is 0.493 e. The number of hydrogen-bond acceptors (Lipinski definition) is 3. The van der Waals surface area contributed by atoms with Gasteiger partial charge >= 0.3 is 0 Å². The van der Waals surface area contributed by atoms with Gasteiger partial charge in [0.15, 0.2) is 0 Å². The van der Waals surface area contributed by atoms with Crippen LogP contribution in [0.4, 0.5) is 5.69 Å². The van der Waals surface area contributed by atoms with E-state index in [4.69, 9.17) is 9.72 Å². The number of nitrogens with zero attached hydrogens (tertiary/aromatic N) is 1. The summed E-state index contributed by atoms with van der Waals surface area (Å²) in [7, 11) is 0. The fraction of sp³-hybridized carbons (Fsp3) is 0.120. The van der Waals surface area contributed by atoms with Crippen LogP contribution in [0.5, 0.6) is 5.75 Å². The molecule has 0 aliphatic carbocycles. The molecular formula is C25H20BrN2O2. The van der Waals surface area contributed by atoms with Crippen molar-refractivity contribution in [3.05, 3.63) is 88.4 Å². The Morgan fingerprint density at radius 3 is 2.67 bits per heavy atom. The van der Waals surface area contributed by atoms with E-state index in [0.717, 1.165) is 32.2 Å². The van der Waals surface area contributed by atoms with Crippen LogP contribution in [0.15, 0.2) is 71.2 Å². The Morgan fingerprint density at radius 2 is 1.90 bits per heavy atom. The molecule has 1 aromatic heterocycles. The van der Waals surface area contributed by atoms with Gasteiger partial charge in [0, 0.05) is 15.4 Å². The van der Waals surface area contributed by atoms with E-state index in [1.165, 1.54) is 0 Å². The number of pyridine rings is 1. The highest BCUT2D eigenvalue weighted by Gasteiger charge is 2.19. The monoisotopic (exact) mass is 459 g/mol. The SMILES string of the molecule is CCOc1[c]c(NC(=O)c2c(C)c(-c3ccccc3)nc3ccc(Br)cc23)ccc1. The first kappa shape index (κ1) is 20.1. The van der Waals surface area contributed by atoms with E-state index in [0.29, 0.717) is 23.6 Å². The molecule has 0 bridgehead atoms. The molecule has 4 nitrogen and oxygen atoms in total. The molecule has 5 heteroatoms. The molecule has 1 N–H and O–H groups in total. The van der Waals surface area contributed by atoms with Gasteiger partial charge in [-0.1, -0.05) is 52.3 Å². The van der Waals surface area contributed by atoms with Crippen molar-refractivity contribution >= 4 is 38.4 Å². The molecule has 0 unspecified atom stereocenters. The number of carbonyl (C=O) groups excluding carboxylic acids is 1. The van der Waals surface area contributed by atoms with Gasteiger partial charge in [-0.25, -0.2) is 4.98 Å². The lowest BCUT2D eigenvalue weighted by Crippen LogP contribution is -2.15. The zero-order valence-corrected chi connectivity index (χ0v) is 18.3. The third kappa shape index (κ3) is 4.07. The van der Waals surface area contributed by atoms with E-state index in [2.05, 4.69) is 27.3 Å². The molecular weight excluding hydrogens is 440 g/mol. The first-order valence-corrected chi connectivity index (χ1v) is 10.5. The smallest absolute Gasteiger partial charge is 0.256 e. The fourth-order valence-corrected chi connectivity index (χ4v) is 3.81. The van der Waals surface area contributed by atoms with Crippen LogP contribution >= 0.6 is 15.9 Å². The van der Waals surface area contributed by atoms with Crippen LogP contribution in [0.2, 0.25) is 0 Å². The number of carbonyl (C=O) groups is 1. The Bertz CT molecular complexity index is 1220. The maximum Gasteiger partial charge on any atom is 0.256 e. The molecule has 1 heterocycles. The highest BCUT2D eigenvalue weighted by Crippen LogP contribution is 2.32. The molecule has 0 saturated heterocycles. The second kappa shape index (κ2) is 8.67. The number of amides is 1. The summed E-state index contributed by atoms with van der Waals surface area (Å²) in [4.78, 5) is 18.2. The highest BCUT2D eigenvalue weighted by atomic mass is 79.9. The molecule has 1 radical (unpaired) electrons. The number of nitrogens with one attached hydrogen (secondary N) is 1. The second-order valence-electron chi connectivity index (χ2n) is 6.80. The predicted octanol–water partition coefficient (Wildman–Crippen LogP) is 6.42. The Labute approximate surface area is 184 Å². The van der Waals surface area contributed by atoms with Crippen LogP contribution in [0, 0.1) is 13.0 Å². The first-order chi connectivity index (χ1) is 14.6. The van der Waals surface area contributed by atoms with Crippen molar-refractivity contribution in [2.45, 2.75) is 13.8 Å². The van der Waals surface area contributed by atoms with Crippen molar-refractivity contribution in [2.75, 3.05) is 11.9 Å². The van der Waals surface area contributed by atoms with Crippen LogP contribution in [-0.4, -0.2) is 17.5 Å². The Kier molecular flexibility index (Phi) is 5.81. The van der Waals surface area contributed by atoms with E-state index < -0.39 is 0 Å². The number of fused-ring (bicyclic) bond motifs is 1. The van der Waals surface area contributed by atoms with Gasteiger partial charge < -0.3 is 10.1 Å². The third-order valence-corrected chi connectivity index (χ3v) is 5.27. The minimum Gasteiger partial charge on any atom is -0.493 e. The average Bonchev–Trinajstić information content (AvgIpc) is 2.74. The molecule has 0 saturated carbocycles. The number of ether oxygens (including phenoxy) is 1. The van der Waals surface area contributed by atoms with Gasteiger partial charge in [0.05, 0.1) is 35.1 Å². The van der Waals surface area contributed by atoms with Crippen molar-refractivity contribution < 1.29 is 9.53 Å². The number of halogens is 1. The van der Waals surface area contributed by atoms with E-state index in [-0.39, 0.29) is 5.91 Å². The summed E-state index contributed by atoms with van der Waals surface area (Å²) < 4.78 is 6.39. The molecule has 1 amide bonds. The van der Waals surface area contributed by atoms with Crippen molar-refractivity contribution in [3.63, 3.8) is 0 Å². The topological polar surface area (TPSA) is 51.2 Å². The highest BCUT2D eigenvalue weighted by molar-refractivity contribution is 9.10. The number of benzene rings is 3. The molecule has 0 atom stereocenters. The second-order valence-corrected chi connectivity index (χ2v) is 7.72. The summed E-state index contributed by atoms with van der Waals surface area (Å²) in [6.07, 6.45) is 0. The van der Waals surface area contributed by atoms with E-state index in [1.54, 1.807) is 6.07 Å². The van der Waals surface area contributed by atoms with Crippen molar-refractivity contribution in [3.8, 4) is 17.0 Å². The summed E-state index contributed by atoms with van der Waals surface area (Å²) >= 11 is 3.52. The van der Waals surface area contributed by atoms with Gasteiger partial charge in [-0.15, -0.1) is 0 Å². The minimum absolute atomic E-state index is 0.208. The molecule has 4 aromatic rings. The van der Waals surface area contributed by atoms with Crippen molar-refractivity contribution in [1.82, 2.24) is 4.98 Å². The molecule has 30 heavy (non-hydrogen) atoms. The Hall–Kier alpha value is -3.18. The summed E-state index contributed by atoms with van der Waals surface area (Å²) in [5, 5.41) is 3.76. The van der Waals surface area contributed by atoms with E-state index >= 15 is 0 Å². The maximum absolute atomic E-state index is 13.4. The molecule has 0 spiro atoms. The van der Waals surface area contributed by atoms with Crippen LogP contribution < -0.4 is 10.1 Å². The lowest BCUT2D eigenvalue weighted by molar-refractivity contribution is 0.102. The molecule has 0 aliphatic rings. The lowest BCUT2D eigenvalue weighted by Gasteiger charge is -2.15. The van der Waals surface area contributed by atoms with E-state index in [1.807, 2.05) is 74.5 Å². The number of anilines is 1. The predicted molar refractivity (Wildman–Crippen MR) is 124 cm³/mol. The quantitative estimate of drug-likeness (QED) is 0.374. The zero-order valence-electron chi connectivity index (χ0n) is 16.7. The van der Waals surface area contributed by atoms with Gasteiger partial charge in [-0.3, -0.25) is 4.79 Å². The van der Waals surface area contributed by atoms with E-state index in [9.17, 15) is 4.79 Å². The van der Waals surface area contributed by atoms with Crippen LogP contribution in [-0.2, 0) is 0 Å². The number of hydrogen-bond donors (Lipinski definition) is 1. The third-order valence-electron chi connectivity index (χ3n) is 4.78. The van der Waals surface area contributed by atoms with Crippen molar-refractivity contribution in [2.24, 2.45) is 0 Å². The molecule has 0 aliphatic heterocycles. The van der Waals surface area contributed by atoms with Crippen LogP contribution in [0.1, 0.15) is 22.8 Å². The lowest BCUT2D eigenvalue weighted by atomic mass is 9.97.